The molecule has 1 fully saturated rings. The second-order valence-corrected chi connectivity index (χ2v) is 5.54. The van der Waals surface area contributed by atoms with Crippen molar-refractivity contribution < 1.29 is 19.3 Å². The highest BCUT2D eigenvalue weighted by molar-refractivity contribution is 9.10. The summed E-state index contributed by atoms with van der Waals surface area (Å²) in [5, 5.41) is 10.5. The molecule has 0 aliphatic carbocycles. The van der Waals surface area contributed by atoms with Crippen molar-refractivity contribution in [2.45, 2.75) is 38.9 Å². The van der Waals surface area contributed by atoms with Crippen molar-refractivity contribution in [3.05, 3.63) is 22.2 Å². The molecule has 1 heterocycles. The molecule has 1 saturated heterocycles. The van der Waals surface area contributed by atoms with Crippen LogP contribution in [-0.4, -0.2) is 31.0 Å². The van der Waals surface area contributed by atoms with Crippen LogP contribution in [0.2, 0.25) is 0 Å². The van der Waals surface area contributed by atoms with Crippen LogP contribution in [0.15, 0.2) is 16.6 Å². The summed E-state index contributed by atoms with van der Waals surface area (Å²) in [5.74, 6) is 1.34. The van der Waals surface area contributed by atoms with Gasteiger partial charge in [0.05, 0.1) is 19.3 Å². The van der Waals surface area contributed by atoms with E-state index in [4.69, 9.17) is 14.2 Å². The van der Waals surface area contributed by atoms with Crippen molar-refractivity contribution in [1.82, 2.24) is 0 Å². The third kappa shape index (κ3) is 3.45. The molecule has 1 N–H and O–H groups in total. The molecule has 0 aromatic heterocycles. The second kappa shape index (κ2) is 7.29. The summed E-state index contributed by atoms with van der Waals surface area (Å²) < 4.78 is 17.5. The maximum absolute atomic E-state index is 10.5. The zero-order valence-electron chi connectivity index (χ0n) is 11.9. The van der Waals surface area contributed by atoms with Gasteiger partial charge in [-0.25, -0.2) is 0 Å². The fraction of sp³-hybridized carbons (Fsp3) is 0.600. The van der Waals surface area contributed by atoms with E-state index in [1.54, 1.807) is 0 Å². The fourth-order valence-electron chi connectivity index (χ4n) is 2.37. The van der Waals surface area contributed by atoms with Gasteiger partial charge in [-0.05, 0) is 38.8 Å². The molecule has 2 unspecified atom stereocenters. The van der Waals surface area contributed by atoms with Gasteiger partial charge in [0.15, 0.2) is 11.5 Å². The van der Waals surface area contributed by atoms with E-state index in [9.17, 15) is 5.11 Å². The van der Waals surface area contributed by atoms with Crippen molar-refractivity contribution in [3.63, 3.8) is 0 Å². The first-order chi connectivity index (χ1) is 9.67. The second-order valence-electron chi connectivity index (χ2n) is 4.68. The first kappa shape index (κ1) is 15.6. The number of aliphatic hydroxyl groups excluding tert-OH is 1. The van der Waals surface area contributed by atoms with Gasteiger partial charge in [0.25, 0.3) is 0 Å². The van der Waals surface area contributed by atoms with E-state index in [1.807, 2.05) is 26.0 Å². The summed E-state index contributed by atoms with van der Waals surface area (Å²) in [5.41, 5.74) is 0.781. The summed E-state index contributed by atoms with van der Waals surface area (Å²) in [4.78, 5) is 0. The molecule has 1 aromatic rings. The van der Waals surface area contributed by atoms with Crippen molar-refractivity contribution in [2.75, 3.05) is 19.8 Å². The Morgan fingerprint density at radius 1 is 1.30 bits per heavy atom. The Morgan fingerprint density at radius 2 is 1.95 bits per heavy atom. The predicted octanol–water partition coefficient (Wildman–Crippen LogP) is 3.46. The molecule has 112 valence electrons. The average Bonchev–Trinajstić information content (AvgIpc) is 2.95. The minimum atomic E-state index is -0.651. The first-order valence-electron chi connectivity index (χ1n) is 7.06. The van der Waals surface area contributed by atoms with E-state index in [-0.39, 0.29) is 6.10 Å². The molecule has 0 saturated carbocycles. The number of benzene rings is 1. The van der Waals surface area contributed by atoms with Crippen LogP contribution in [0.5, 0.6) is 11.5 Å². The van der Waals surface area contributed by atoms with Crippen molar-refractivity contribution in [1.29, 1.82) is 0 Å². The van der Waals surface area contributed by atoms with E-state index < -0.39 is 6.10 Å². The van der Waals surface area contributed by atoms with Crippen LogP contribution in [0.25, 0.3) is 0 Å². The minimum absolute atomic E-state index is 0.140. The maximum Gasteiger partial charge on any atom is 0.162 e. The Hall–Kier alpha value is -0.780. The minimum Gasteiger partial charge on any atom is -0.490 e. The summed E-state index contributed by atoms with van der Waals surface area (Å²) >= 11 is 3.50. The lowest BCUT2D eigenvalue weighted by Crippen LogP contribution is -2.17. The lowest BCUT2D eigenvalue weighted by Gasteiger charge is -2.21. The predicted molar refractivity (Wildman–Crippen MR) is 80.4 cm³/mol. The van der Waals surface area contributed by atoms with Gasteiger partial charge in [0.2, 0.25) is 0 Å². The average molecular weight is 345 g/mol. The Morgan fingerprint density at radius 3 is 2.50 bits per heavy atom. The SMILES string of the molecule is CCOc1cc(Br)c(C(O)C2CCCO2)cc1OCC. The molecule has 5 heteroatoms. The number of ether oxygens (including phenoxy) is 3. The van der Waals surface area contributed by atoms with Crippen LogP contribution in [0.3, 0.4) is 0 Å². The number of rotatable bonds is 6. The van der Waals surface area contributed by atoms with Crippen LogP contribution in [0, 0.1) is 0 Å². The van der Waals surface area contributed by atoms with Crippen molar-refractivity contribution >= 4 is 15.9 Å². The molecule has 2 atom stereocenters. The van der Waals surface area contributed by atoms with Crippen LogP contribution in [-0.2, 0) is 4.74 Å². The van der Waals surface area contributed by atoms with E-state index in [0.717, 1.165) is 22.9 Å². The zero-order valence-corrected chi connectivity index (χ0v) is 13.5. The van der Waals surface area contributed by atoms with E-state index in [0.29, 0.717) is 31.3 Å². The standard InChI is InChI=1S/C15H21BrO4/c1-3-18-13-8-10(11(16)9-14(13)19-4-2)15(17)12-6-5-7-20-12/h8-9,12,15,17H,3-7H2,1-2H3. The molecule has 0 bridgehead atoms. The van der Waals surface area contributed by atoms with Gasteiger partial charge in [-0.1, -0.05) is 15.9 Å². The zero-order chi connectivity index (χ0) is 14.5. The summed E-state index contributed by atoms with van der Waals surface area (Å²) in [6.45, 7) is 5.69. The molecular formula is C15H21BrO4. The Kier molecular flexibility index (Phi) is 5.69. The topological polar surface area (TPSA) is 47.9 Å². The smallest absolute Gasteiger partial charge is 0.162 e. The summed E-state index contributed by atoms with van der Waals surface area (Å²) in [7, 11) is 0. The van der Waals surface area contributed by atoms with Gasteiger partial charge in [-0.15, -0.1) is 0 Å². The lowest BCUT2D eigenvalue weighted by molar-refractivity contribution is -0.00306. The van der Waals surface area contributed by atoms with Crippen LogP contribution in [0.1, 0.15) is 38.4 Å². The Balaban J connectivity index is 2.29. The normalized spacial score (nSPS) is 19.9. The van der Waals surface area contributed by atoms with Crippen LogP contribution in [0.4, 0.5) is 0 Å². The number of aliphatic hydroxyl groups is 1. The highest BCUT2D eigenvalue weighted by Crippen LogP contribution is 2.39. The number of hydrogen-bond acceptors (Lipinski definition) is 4. The Bertz CT molecular complexity index is 444. The van der Waals surface area contributed by atoms with E-state index in [2.05, 4.69) is 15.9 Å². The molecule has 2 rings (SSSR count). The molecule has 1 aliphatic rings. The van der Waals surface area contributed by atoms with Crippen molar-refractivity contribution in [3.8, 4) is 11.5 Å². The van der Waals surface area contributed by atoms with Gasteiger partial charge >= 0.3 is 0 Å². The van der Waals surface area contributed by atoms with Gasteiger partial charge in [-0.2, -0.15) is 0 Å². The van der Waals surface area contributed by atoms with Crippen LogP contribution < -0.4 is 9.47 Å². The number of halogens is 1. The first-order valence-corrected chi connectivity index (χ1v) is 7.85. The highest BCUT2D eigenvalue weighted by atomic mass is 79.9. The molecule has 0 spiro atoms. The quantitative estimate of drug-likeness (QED) is 0.858. The summed E-state index contributed by atoms with van der Waals surface area (Å²) in [6.07, 6.45) is 1.08. The van der Waals surface area contributed by atoms with Crippen molar-refractivity contribution in [2.24, 2.45) is 0 Å². The van der Waals surface area contributed by atoms with Gasteiger partial charge in [0, 0.05) is 16.6 Å². The largest absolute Gasteiger partial charge is 0.490 e. The molecule has 20 heavy (non-hydrogen) atoms. The molecule has 4 nitrogen and oxygen atoms in total. The monoisotopic (exact) mass is 344 g/mol. The third-order valence-electron chi connectivity index (χ3n) is 3.30. The maximum atomic E-state index is 10.5. The number of hydrogen-bond donors (Lipinski definition) is 1. The molecule has 1 aromatic carbocycles. The Labute approximate surface area is 128 Å². The van der Waals surface area contributed by atoms with Gasteiger partial charge in [-0.3, -0.25) is 0 Å². The van der Waals surface area contributed by atoms with Gasteiger partial charge < -0.3 is 19.3 Å². The van der Waals surface area contributed by atoms with E-state index >= 15 is 0 Å². The molecule has 1 aliphatic heterocycles. The highest BCUT2D eigenvalue weighted by Gasteiger charge is 2.28. The third-order valence-corrected chi connectivity index (χ3v) is 3.99. The molecule has 0 amide bonds. The lowest BCUT2D eigenvalue weighted by atomic mass is 10.0. The molecular weight excluding hydrogens is 324 g/mol. The van der Waals surface area contributed by atoms with E-state index in [1.165, 1.54) is 0 Å². The summed E-state index contributed by atoms with van der Waals surface area (Å²) in [6, 6.07) is 3.69. The fourth-order valence-corrected chi connectivity index (χ4v) is 2.92. The molecule has 0 radical (unpaired) electrons. The van der Waals surface area contributed by atoms with Gasteiger partial charge in [0.1, 0.15) is 6.10 Å². The van der Waals surface area contributed by atoms with Crippen LogP contribution >= 0.6 is 15.9 Å².